The number of aryl methyl sites for hydroxylation is 1. The van der Waals surface area contributed by atoms with E-state index in [2.05, 4.69) is 22.6 Å². The van der Waals surface area contributed by atoms with Crippen molar-refractivity contribution in [3.63, 3.8) is 0 Å². The normalized spacial score (nSPS) is 13.1. The van der Waals surface area contributed by atoms with Gasteiger partial charge in [-0.25, -0.2) is 0 Å². The van der Waals surface area contributed by atoms with Gasteiger partial charge in [-0.05, 0) is 58.0 Å². The molecule has 0 spiro atoms. The van der Waals surface area contributed by atoms with Crippen LogP contribution in [0.1, 0.15) is 22.1 Å². The molecule has 0 saturated carbocycles. The minimum Gasteiger partial charge on any atom is -0.384 e. The van der Waals surface area contributed by atoms with Crippen LogP contribution in [-0.4, -0.2) is 5.11 Å². The molecule has 2 rings (SSSR count). The molecule has 4 heteroatoms. The van der Waals surface area contributed by atoms with Crippen molar-refractivity contribution in [3.05, 3.63) is 41.8 Å². The zero-order valence-corrected chi connectivity index (χ0v) is 11.3. The summed E-state index contributed by atoms with van der Waals surface area (Å²) in [5.74, 6) is 0. The Morgan fingerprint density at radius 2 is 1.86 bits per heavy atom. The van der Waals surface area contributed by atoms with E-state index >= 15 is 0 Å². The van der Waals surface area contributed by atoms with Gasteiger partial charge in [0.15, 0.2) is 0 Å². The average Bonchev–Trinajstić information content (AvgIpc) is 2.73. The second kappa shape index (κ2) is 4.30. The molecule has 1 N–H and O–H groups in total. The maximum absolute atomic E-state index is 10.1. The van der Waals surface area contributed by atoms with Gasteiger partial charge >= 0.3 is 0 Å². The molecule has 2 aromatic heterocycles. The highest BCUT2D eigenvalue weighted by Crippen LogP contribution is 2.32. The quantitative estimate of drug-likeness (QED) is 0.827. The third-order valence-electron chi connectivity index (χ3n) is 2.13. The van der Waals surface area contributed by atoms with E-state index in [0.29, 0.717) is 0 Å². The maximum atomic E-state index is 10.1. The van der Waals surface area contributed by atoms with Crippen LogP contribution in [0.15, 0.2) is 22.9 Å². The van der Waals surface area contributed by atoms with Crippen LogP contribution in [-0.2, 0) is 0 Å². The Bertz CT molecular complexity index is 393. The molecule has 2 heterocycles. The van der Waals surface area contributed by atoms with Crippen molar-refractivity contribution >= 4 is 45.3 Å². The van der Waals surface area contributed by atoms with Crippen molar-refractivity contribution in [1.82, 2.24) is 0 Å². The summed E-state index contributed by atoms with van der Waals surface area (Å²) >= 11 is 5.61. The highest BCUT2D eigenvalue weighted by atomic mass is 127. The second-order valence-corrected chi connectivity index (χ2v) is 6.83. The van der Waals surface area contributed by atoms with Crippen LogP contribution in [0.5, 0.6) is 0 Å². The molecule has 0 bridgehead atoms. The van der Waals surface area contributed by atoms with Gasteiger partial charge in [0, 0.05) is 10.4 Å². The first-order valence-electron chi connectivity index (χ1n) is 4.15. The molecule has 0 amide bonds. The van der Waals surface area contributed by atoms with Crippen LogP contribution in [0, 0.1) is 9.81 Å². The summed E-state index contributed by atoms with van der Waals surface area (Å²) in [6, 6.07) is 3.99. The van der Waals surface area contributed by atoms with E-state index in [-0.39, 0.29) is 0 Å². The molecule has 0 aliphatic rings. The standard InChI is InChI=1S/C10H9IOS2/c1-6-7(2-4-13-6)9(12)8-3-5-14-10(8)11/h2-5,9,12H,1H3. The number of hydrogen-bond donors (Lipinski definition) is 1. The lowest BCUT2D eigenvalue weighted by Gasteiger charge is -2.09. The van der Waals surface area contributed by atoms with Crippen LogP contribution in [0.3, 0.4) is 0 Å². The largest absolute Gasteiger partial charge is 0.384 e. The summed E-state index contributed by atoms with van der Waals surface area (Å²) in [5, 5.41) is 14.2. The summed E-state index contributed by atoms with van der Waals surface area (Å²) in [4.78, 5) is 1.19. The molecule has 0 saturated heterocycles. The fourth-order valence-corrected chi connectivity index (χ4v) is 3.64. The van der Waals surface area contributed by atoms with Gasteiger partial charge in [0.1, 0.15) is 6.10 Å². The van der Waals surface area contributed by atoms with Gasteiger partial charge in [-0.1, -0.05) is 0 Å². The van der Waals surface area contributed by atoms with Gasteiger partial charge in [-0.3, -0.25) is 0 Å². The van der Waals surface area contributed by atoms with E-state index in [9.17, 15) is 5.11 Å². The molecular weight excluding hydrogens is 327 g/mol. The number of aliphatic hydroxyl groups excluding tert-OH is 1. The highest BCUT2D eigenvalue weighted by Gasteiger charge is 2.16. The third-order valence-corrected chi connectivity index (χ3v) is 5.10. The topological polar surface area (TPSA) is 20.2 Å². The van der Waals surface area contributed by atoms with Crippen LogP contribution < -0.4 is 0 Å². The van der Waals surface area contributed by atoms with E-state index in [1.807, 2.05) is 29.8 Å². The van der Waals surface area contributed by atoms with Gasteiger partial charge in [0.25, 0.3) is 0 Å². The van der Waals surface area contributed by atoms with E-state index < -0.39 is 6.10 Å². The summed E-state index contributed by atoms with van der Waals surface area (Å²) in [6.45, 7) is 2.04. The monoisotopic (exact) mass is 336 g/mol. The molecule has 2 aromatic rings. The van der Waals surface area contributed by atoms with Gasteiger partial charge < -0.3 is 5.11 Å². The lowest BCUT2D eigenvalue weighted by atomic mass is 10.1. The maximum Gasteiger partial charge on any atom is 0.107 e. The first-order valence-corrected chi connectivity index (χ1v) is 6.99. The van der Waals surface area contributed by atoms with Crippen molar-refractivity contribution in [1.29, 1.82) is 0 Å². The van der Waals surface area contributed by atoms with Crippen molar-refractivity contribution in [2.75, 3.05) is 0 Å². The predicted molar refractivity (Wildman–Crippen MR) is 70.2 cm³/mol. The van der Waals surface area contributed by atoms with Crippen LogP contribution in [0.2, 0.25) is 0 Å². The van der Waals surface area contributed by atoms with Crippen molar-refractivity contribution in [3.8, 4) is 0 Å². The molecule has 74 valence electrons. The van der Waals surface area contributed by atoms with Crippen molar-refractivity contribution < 1.29 is 5.11 Å². The summed E-state index contributed by atoms with van der Waals surface area (Å²) in [6.07, 6.45) is -0.459. The number of halogens is 1. The molecule has 1 atom stereocenters. The molecule has 1 nitrogen and oxygen atoms in total. The Morgan fingerprint density at radius 3 is 2.36 bits per heavy atom. The Morgan fingerprint density at radius 1 is 1.21 bits per heavy atom. The summed E-state index contributed by atoms with van der Waals surface area (Å²) in [7, 11) is 0. The number of hydrogen-bond acceptors (Lipinski definition) is 3. The number of aliphatic hydroxyl groups is 1. The Balaban J connectivity index is 2.38. The SMILES string of the molecule is Cc1sccc1C(O)c1ccsc1I. The first-order chi connectivity index (χ1) is 6.70. The Kier molecular flexibility index (Phi) is 3.26. The molecule has 0 radical (unpaired) electrons. The predicted octanol–water partition coefficient (Wildman–Crippen LogP) is 3.80. The molecule has 0 aliphatic heterocycles. The zero-order chi connectivity index (χ0) is 10.1. The first kappa shape index (κ1) is 10.6. The molecule has 1 unspecified atom stereocenters. The van der Waals surface area contributed by atoms with E-state index in [4.69, 9.17) is 0 Å². The zero-order valence-electron chi connectivity index (χ0n) is 7.53. The lowest BCUT2D eigenvalue weighted by Crippen LogP contribution is -1.99. The van der Waals surface area contributed by atoms with Crippen LogP contribution >= 0.6 is 45.3 Å². The van der Waals surface area contributed by atoms with Crippen LogP contribution in [0.25, 0.3) is 0 Å². The number of rotatable bonds is 2. The molecule has 14 heavy (non-hydrogen) atoms. The molecule has 0 aromatic carbocycles. The van der Waals surface area contributed by atoms with E-state index in [1.54, 1.807) is 22.7 Å². The van der Waals surface area contributed by atoms with Crippen molar-refractivity contribution in [2.45, 2.75) is 13.0 Å². The summed E-state index contributed by atoms with van der Waals surface area (Å²) < 4.78 is 1.17. The fourth-order valence-electron chi connectivity index (χ4n) is 1.35. The summed E-state index contributed by atoms with van der Waals surface area (Å²) in [5.41, 5.74) is 2.06. The van der Waals surface area contributed by atoms with Gasteiger partial charge in [0.2, 0.25) is 0 Å². The smallest absolute Gasteiger partial charge is 0.107 e. The van der Waals surface area contributed by atoms with Gasteiger partial charge in [-0.15, -0.1) is 22.7 Å². The second-order valence-electron chi connectivity index (χ2n) is 2.98. The minimum atomic E-state index is -0.459. The number of thiophene rings is 2. The van der Waals surface area contributed by atoms with Gasteiger partial charge in [-0.2, -0.15) is 0 Å². The van der Waals surface area contributed by atoms with E-state index in [0.717, 1.165) is 11.1 Å². The fraction of sp³-hybridized carbons (Fsp3) is 0.200. The average molecular weight is 336 g/mol. The van der Waals surface area contributed by atoms with Gasteiger partial charge in [0.05, 0.1) is 2.88 Å². The highest BCUT2D eigenvalue weighted by molar-refractivity contribution is 14.1. The molecule has 0 fully saturated rings. The van der Waals surface area contributed by atoms with E-state index in [1.165, 1.54) is 7.76 Å². The third kappa shape index (κ3) is 1.88. The van der Waals surface area contributed by atoms with Crippen molar-refractivity contribution in [2.24, 2.45) is 0 Å². The Labute approximate surface area is 105 Å². The minimum absolute atomic E-state index is 0.459. The Hall–Kier alpha value is 0.0900. The lowest BCUT2D eigenvalue weighted by molar-refractivity contribution is 0.220. The molecular formula is C10H9IOS2. The van der Waals surface area contributed by atoms with Crippen LogP contribution in [0.4, 0.5) is 0 Å². The molecule has 0 aliphatic carbocycles.